The summed E-state index contributed by atoms with van der Waals surface area (Å²) in [4.78, 5) is 16.5. The van der Waals surface area contributed by atoms with Crippen LogP contribution in [0.2, 0.25) is 0 Å². The number of nitrogens with zero attached hydrogens (tertiary/aromatic N) is 2. The minimum absolute atomic E-state index is 0.0783. The Balaban J connectivity index is 2.00. The number of rotatable bonds is 5. The van der Waals surface area contributed by atoms with Gasteiger partial charge in [0.05, 0.1) is 18.5 Å². The molecule has 2 N–H and O–H groups in total. The molecule has 2 fully saturated rings. The average Bonchev–Trinajstić information content (AvgIpc) is 3.24. The number of aromatic nitrogens is 2. The molecule has 1 aliphatic heterocycles. The molecule has 0 bridgehead atoms. The van der Waals surface area contributed by atoms with Crippen LogP contribution in [0.4, 0.5) is 4.79 Å². The largest absolute Gasteiger partial charge is 0.468 e. The average molecular weight is 307 g/mol. The van der Waals surface area contributed by atoms with Gasteiger partial charge in [-0.2, -0.15) is 4.98 Å². The molecule has 6 nitrogen and oxygen atoms in total. The summed E-state index contributed by atoms with van der Waals surface area (Å²) in [6.07, 6.45) is 6.31. The molecule has 1 aliphatic carbocycles. The quantitative estimate of drug-likeness (QED) is 0.904. The highest BCUT2D eigenvalue weighted by atomic mass is 16.5. The summed E-state index contributed by atoms with van der Waals surface area (Å²) in [6, 6.07) is -0.210. The summed E-state index contributed by atoms with van der Waals surface area (Å²) >= 11 is 0. The molecule has 0 unspecified atom stereocenters. The number of hydrogen-bond acceptors (Lipinski definition) is 4. The van der Waals surface area contributed by atoms with Gasteiger partial charge in [-0.05, 0) is 31.6 Å². The van der Waals surface area contributed by atoms with Crippen LogP contribution in [-0.4, -0.2) is 35.9 Å². The maximum Gasteiger partial charge on any atom is 0.327 e. The Labute approximate surface area is 131 Å². The molecule has 22 heavy (non-hydrogen) atoms. The van der Waals surface area contributed by atoms with Crippen LogP contribution in [0, 0.1) is 5.92 Å². The Kier molecular flexibility index (Phi) is 4.12. The number of imidazole rings is 1. The molecule has 1 aromatic heterocycles. The predicted molar refractivity (Wildman–Crippen MR) is 82.2 cm³/mol. The lowest BCUT2D eigenvalue weighted by Gasteiger charge is -2.33. The van der Waals surface area contributed by atoms with Crippen molar-refractivity contribution in [2.24, 2.45) is 11.7 Å². The van der Waals surface area contributed by atoms with Crippen LogP contribution >= 0.6 is 0 Å². The molecule has 1 saturated carbocycles. The van der Waals surface area contributed by atoms with Crippen LogP contribution in [0.1, 0.15) is 50.4 Å². The molecule has 6 heteroatoms. The number of ether oxygens (including phenoxy) is 2. The molecule has 2 aliphatic rings. The number of carbonyl (C=O) groups is 1. The smallest absolute Gasteiger partial charge is 0.327 e. The van der Waals surface area contributed by atoms with E-state index in [1.54, 1.807) is 0 Å². The van der Waals surface area contributed by atoms with Crippen molar-refractivity contribution in [2.75, 3.05) is 20.3 Å². The zero-order chi connectivity index (χ0) is 15.7. The Bertz CT molecular complexity index is 557. The van der Waals surface area contributed by atoms with Gasteiger partial charge in [-0.3, -0.25) is 0 Å². The Morgan fingerprint density at radius 1 is 1.45 bits per heavy atom. The summed E-state index contributed by atoms with van der Waals surface area (Å²) in [5.74, 6) is 0.789. The molecule has 2 heterocycles. The molecule has 122 valence electrons. The van der Waals surface area contributed by atoms with Gasteiger partial charge in [0.25, 0.3) is 0 Å². The van der Waals surface area contributed by atoms with Crippen molar-refractivity contribution in [2.45, 2.75) is 50.9 Å². The normalized spacial score (nSPS) is 20.8. The number of nitrogens with two attached hydrogens (primary N) is 1. The van der Waals surface area contributed by atoms with E-state index >= 15 is 0 Å². The van der Waals surface area contributed by atoms with Crippen molar-refractivity contribution in [1.82, 2.24) is 9.55 Å². The van der Waals surface area contributed by atoms with Gasteiger partial charge in [0.15, 0.2) is 0 Å². The van der Waals surface area contributed by atoms with E-state index < -0.39 is 6.03 Å². The summed E-state index contributed by atoms with van der Waals surface area (Å²) < 4.78 is 12.3. The maximum absolute atomic E-state index is 11.9. The van der Waals surface area contributed by atoms with Gasteiger partial charge in [-0.15, -0.1) is 0 Å². The first-order chi connectivity index (χ1) is 10.5. The maximum atomic E-state index is 11.9. The van der Waals surface area contributed by atoms with Crippen LogP contribution in [-0.2, 0) is 16.6 Å². The number of primary amides is 1. The van der Waals surface area contributed by atoms with E-state index in [4.69, 9.17) is 15.2 Å². The second kappa shape index (κ2) is 5.91. The van der Waals surface area contributed by atoms with Crippen LogP contribution in [0.5, 0.6) is 6.01 Å². The predicted octanol–water partition coefficient (Wildman–Crippen LogP) is 2.23. The molecule has 0 spiro atoms. The molecule has 0 aromatic carbocycles. The first-order valence-corrected chi connectivity index (χ1v) is 8.09. The lowest BCUT2D eigenvalue weighted by molar-refractivity contribution is 0.0547. The minimum atomic E-state index is -0.517. The lowest BCUT2D eigenvalue weighted by Crippen LogP contribution is -2.33. The first-order valence-electron chi connectivity index (χ1n) is 8.09. The second-order valence-electron chi connectivity index (χ2n) is 6.72. The van der Waals surface area contributed by atoms with Crippen molar-refractivity contribution in [3.8, 4) is 6.01 Å². The van der Waals surface area contributed by atoms with E-state index in [9.17, 15) is 4.79 Å². The Morgan fingerprint density at radius 2 is 2.14 bits per heavy atom. The van der Waals surface area contributed by atoms with Gasteiger partial charge in [-0.1, -0.05) is 19.8 Å². The molecule has 1 aromatic rings. The van der Waals surface area contributed by atoms with Crippen molar-refractivity contribution in [1.29, 1.82) is 0 Å². The molecule has 0 atom stereocenters. The van der Waals surface area contributed by atoms with Crippen LogP contribution in [0.15, 0.2) is 0 Å². The monoisotopic (exact) mass is 307 g/mol. The van der Waals surface area contributed by atoms with E-state index in [0.29, 0.717) is 6.01 Å². The van der Waals surface area contributed by atoms with Crippen LogP contribution < -0.4 is 10.5 Å². The number of methoxy groups -OCH3 is 1. The first kappa shape index (κ1) is 15.3. The topological polar surface area (TPSA) is 79.4 Å². The third-order valence-electron chi connectivity index (χ3n) is 5.00. The highest BCUT2D eigenvalue weighted by molar-refractivity contribution is 5.77. The van der Waals surface area contributed by atoms with Crippen molar-refractivity contribution in [3.63, 3.8) is 0 Å². The summed E-state index contributed by atoms with van der Waals surface area (Å²) in [6.45, 7) is 3.65. The van der Waals surface area contributed by atoms with Gasteiger partial charge in [-0.25, -0.2) is 9.36 Å². The van der Waals surface area contributed by atoms with E-state index in [-0.39, 0.29) is 5.41 Å². The molecule has 1 amide bonds. The van der Waals surface area contributed by atoms with Crippen LogP contribution in [0.3, 0.4) is 0 Å². The highest BCUT2D eigenvalue weighted by Gasteiger charge is 2.37. The summed E-state index contributed by atoms with van der Waals surface area (Å²) in [5, 5.41) is 0. The van der Waals surface area contributed by atoms with Gasteiger partial charge >= 0.3 is 12.0 Å². The minimum Gasteiger partial charge on any atom is -0.468 e. The van der Waals surface area contributed by atoms with Crippen LogP contribution in [0.25, 0.3) is 0 Å². The van der Waals surface area contributed by atoms with E-state index in [1.807, 2.05) is 0 Å². The number of amides is 1. The number of carbonyl (C=O) groups excluding carboxylic acids is 1. The zero-order valence-corrected chi connectivity index (χ0v) is 13.4. The van der Waals surface area contributed by atoms with Crippen molar-refractivity contribution in [3.05, 3.63) is 11.4 Å². The van der Waals surface area contributed by atoms with Gasteiger partial charge in [0, 0.05) is 18.6 Å². The third-order valence-corrected chi connectivity index (χ3v) is 5.00. The van der Waals surface area contributed by atoms with Gasteiger partial charge in [0.2, 0.25) is 0 Å². The fourth-order valence-electron chi connectivity index (χ4n) is 3.32. The third kappa shape index (κ3) is 2.84. The number of hydrogen-bond donors (Lipinski definition) is 1. The van der Waals surface area contributed by atoms with E-state index in [0.717, 1.165) is 56.2 Å². The molecule has 1 saturated heterocycles. The SMILES string of the molecule is COc1nc(C2(C)CCOCC2)c(CCC2CC2)n1C(N)=O. The summed E-state index contributed by atoms with van der Waals surface area (Å²) in [5.41, 5.74) is 7.40. The Hall–Kier alpha value is -1.56. The highest BCUT2D eigenvalue weighted by Crippen LogP contribution is 2.40. The molecule has 0 radical (unpaired) electrons. The molecular weight excluding hydrogens is 282 g/mol. The molecular formula is C16H25N3O3. The van der Waals surface area contributed by atoms with Crippen molar-refractivity contribution >= 4 is 6.03 Å². The fourth-order valence-corrected chi connectivity index (χ4v) is 3.32. The van der Waals surface area contributed by atoms with E-state index in [1.165, 1.54) is 24.5 Å². The fraction of sp³-hybridized carbons (Fsp3) is 0.750. The van der Waals surface area contributed by atoms with E-state index in [2.05, 4.69) is 11.9 Å². The van der Waals surface area contributed by atoms with Gasteiger partial charge < -0.3 is 15.2 Å². The molecule has 3 rings (SSSR count). The summed E-state index contributed by atoms with van der Waals surface area (Å²) in [7, 11) is 1.53. The zero-order valence-electron chi connectivity index (χ0n) is 13.4. The van der Waals surface area contributed by atoms with Gasteiger partial charge in [0.1, 0.15) is 0 Å². The van der Waals surface area contributed by atoms with Crippen molar-refractivity contribution < 1.29 is 14.3 Å². The standard InChI is InChI=1S/C16H25N3O3/c1-16(7-9-22-10-8-16)13-12(6-5-11-3-4-11)19(14(17)20)15(18-13)21-2/h11H,3-10H2,1-2H3,(H2,17,20). The Morgan fingerprint density at radius 3 is 2.68 bits per heavy atom. The second-order valence-corrected chi connectivity index (χ2v) is 6.72. The lowest BCUT2D eigenvalue weighted by atomic mass is 9.78.